The van der Waals surface area contributed by atoms with Crippen molar-refractivity contribution in [2.75, 3.05) is 18.5 Å². The number of amides is 1. The zero-order chi connectivity index (χ0) is 25.0. The maximum absolute atomic E-state index is 13.2. The van der Waals surface area contributed by atoms with Crippen LogP contribution < -0.4 is 5.32 Å². The first-order valence-electron chi connectivity index (χ1n) is 11.0. The molecule has 1 amide bonds. The summed E-state index contributed by atoms with van der Waals surface area (Å²) >= 11 is 0. The summed E-state index contributed by atoms with van der Waals surface area (Å²) in [7, 11) is -3.83. The number of rotatable bonds is 7. The highest BCUT2D eigenvalue weighted by Crippen LogP contribution is 2.25. The van der Waals surface area contributed by atoms with Crippen molar-refractivity contribution in [1.82, 2.24) is 4.31 Å². The van der Waals surface area contributed by atoms with E-state index in [4.69, 9.17) is 4.74 Å². The van der Waals surface area contributed by atoms with Crippen LogP contribution in [0.3, 0.4) is 0 Å². The highest BCUT2D eigenvalue weighted by atomic mass is 32.2. The molecule has 8 nitrogen and oxygen atoms in total. The number of carbonyl (C=O) groups is 3. The molecule has 0 spiro atoms. The fraction of sp³-hybridized carbons (Fsp3) is 0.192. The molecule has 0 saturated carbocycles. The van der Waals surface area contributed by atoms with E-state index in [9.17, 15) is 22.8 Å². The third-order valence-corrected chi connectivity index (χ3v) is 7.56. The van der Waals surface area contributed by atoms with Crippen LogP contribution in [0.2, 0.25) is 0 Å². The number of hydrogen-bond acceptors (Lipinski definition) is 6. The lowest BCUT2D eigenvalue weighted by Gasteiger charge is -2.28. The number of nitrogens with zero attached hydrogens (tertiary/aromatic N) is 1. The molecule has 3 aromatic carbocycles. The maximum Gasteiger partial charge on any atom is 0.338 e. The van der Waals surface area contributed by atoms with Crippen LogP contribution in [-0.4, -0.2) is 43.5 Å². The summed E-state index contributed by atoms with van der Waals surface area (Å²) in [5.41, 5.74) is 2.75. The minimum absolute atomic E-state index is 0.0143. The number of ether oxygens (including phenoxy) is 1. The maximum atomic E-state index is 13.2. The molecule has 9 heteroatoms. The van der Waals surface area contributed by atoms with Crippen molar-refractivity contribution in [3.05, 3.63) is 95.1 Å². The zero-order valence-electron chi connectivity index (χ0n) is 19.1. The lowest BCUT2D eigenvalue weighted by atomic mass is 10.0. The second-order valence-electron chi connectivity index (χ2n) is 8.11. The second-order valence-corrected chi connectivity index (χ2v) is 10.0. The molecule has 35 heavy (non-hydrogen) atoms. The van der Waals surface area contributed by atoms with Crippen LogP contribution in [0.25, 0.3) is 0 Å². The fourth-order valence-electron chi connectivity index (χ4n) is 3.91. The number of fused-ring (bicyclic) bond motifs is 1. The van der Waals surface area contributed by atoms with Crippen LogP contribution in [0, 0.1) is 0 Å². The predicted octanol–water partition coefficient (Wildman–Crippen LogP) is 3.43. The quantitative estimate of drug-likeness (QED) is 0.400. The zero-order valence-corrected chi connectivity index (χ0v) is 19.9. The lowest BCUT2D eigenvalue weighted by molar-refractivity contribution is -0.119. The molecule has 0 aromatic heterocycles. The summed E-state index contributed by atoms with van der Waals surface area (Å²) in [6.07, 6.45) is 0.610. The summed E-state index contributed by atoms with van der Waals surface area (Å²) in [6, 6.07) is 19.8. The number of para-hydroxylation sites is 1. The molecule has 0 atom stereocenters. The molecule has 4 rings (SSSR count). The Morgan fingerprint density at radius 2 is 1.66 bits per heavy atom. The second kappa shape index (κ2) is 10.2. The Bertz CT molecular complexity index is 1400. The van der Waals surface area contributed by atoms with Crippen LogP contribution >= 0.6 is 0 Å². The topological polar surface area (TPSA) is 110 Å². The standard InChI is InChI=1S/C26H24N2O6S/c1-18(29)23-11-4-5-12-24(23)27-25(30)17-34-26(31)20-9-6-10-22(15-20)35(32,33)28-14-13-19-7-2-3-8-21(19)16-28/h2-12,15H,13-14,16-17H2,1H3,(H,27,30). The number of sulfonamides is 1. The first kappa shape index (κ1) is 24.3. The molecule has 1 aliphatic heterocycles. The molecule has 0 fully saturated rings. The first-order chi connectivity index (χ1) is 16.8. The van der Waals surface area contributed by atoms with Gasteiger partial charge in [-0.2, -0.15) is 4.31 Å². The van der Waals surface area contributed by atoms with E-state index < -0.39 is 28.5 Å². The van der Waals surface area contributed by atoms with Gasteiger partial charge in [-0.05, 0) is 54.8 Å². The highest BCUT2D eigenvalue weighted by molar-refractivity contribution is 7.89. The van der Waals surface area contributed by atoms with E-state index in [0.29, 0.717) is 24.2 Å². The van der Waals surface area contributed by atoms with Gasteiger partial charge < -0.3 is 10.1 Å². The Morgan fingerprint density at radius 1 is 0.943 bits per heavy atom. The number of hydrogen-bond donors (Lipinski definition) is 1. The molecule has 0 radical (unpaired) electrons. The van der Waals surface area contributed by atoms with Gasteiger partial charge >= 0.3 is 5.97 Å². The Kier molecular flexibility index (Phi) is 7.09. The minimum Gasteiger partial charge on any atom is -0.452 e. The van der Waals surface area contributed by atoms with Gasteiger partial charge in [0.1, 0.15) is 0 Å². The van der Waals surface area contributed by atoms with Crippen LogP contribution in [0.5, 0.6) is 0 Å². The molecule has 1 heterocycles. The van der Waals surface area contributed by atoms with Crippen molar-refractivity contribution >= 4 is 33.4 Å². The molecule has 0 saturated heterocycles. The van der Waals surface area contributed by atoms with Gasteiger partial charge in [0.25, 0.3) is 5.91 Å². The summed E-state index contributed by atoms with van der Waals surface area (Å²) in [4.78, 5) is 36.5. The van der Waals surface area contributed by atoms with E-state index in [2.05, 4.69) is 5.32 Å². The van der Waals surface area contributed by atoms with E-state index in [-0.39, 0.29) is 22.8 Å². The first-order valence-corrected chi connectivity index (χ1v) is 12.4. The van der Waals surface area contributed by atoms with Crippen LogP contribution in [0.4, 0.5) is 5.69 Å². The molecule has 3 aromatic rings. The number of esters is 1. The van der Waals surface area contributed by atoms with Gasteiger partial charge in [0.2, 0.25) is 10.0 Å². The number of anilines is 1. The van der Waals surface area contributed by atoms with Crippen molar-refractivity contribution in [2.45, 2.75) is 24.8 Å². The van der Waals surface area contributed by atoms with Crippen molar-refractivity contribution in [3.8, 4) is 0 Å². The smallest absolute Gasteiger partial charge is 0.338 e. The molecule has 1 N–H and O–H groups in total. The van der Waals surface area contributed by atoms with E-state index >= 15 is 0 Å². The summed E-state index contributed by atoms with van der Waals surface area (Å²) in [6.45, 7) is 1.39. The molecular weight excluding hydrogens is 468 g/mol. The van der Waals surface area contributed by atoms with Crippen LogP contribution in [-0.2, 0) is 32.5 Å². The van der Waals surface area contributed by atoms with Crippen molar-refractivity contribution in [3.63, 3.8) is 0 Å². The predicted molar refractivity (Wildman–Crippen MR) is 130 cm³/mol. The van der Waals surface area contributed by atoms with Gasteiger partial charge in [-0.25, -0.2) is 13.2 Å². The van der Waals surface area contributed by atoms with Crippen molar-refractivity contribution in [2.24, 2.45) is 0 Å². The number of nitrogens with one attached hydrogen (secondary N) is 1. The van der Waals surface area contributed by atoms with Crippen LogP contribution in [0.15, 0.2) is 77.7 Å². The van der Waals surface area contributed by atoms with Gasteiger partial charge in [-0.1, -0.05) is 42.5 Å². The third-order valence-electron chi connectivity index (χ3n) is 5.72. The normalized spacial score (nSPS) is 13.5. The summed E-state index contributed by atoms with van der Waals surface area (Å²) < 4.78 is 32.9. The molecule has 0 unspecified atom stereocenters. The van der Waals surface area contributed by atoms with Gasteiger partial charge in [0.15, 0.2) is 12.4 Å². The lowest BCUT2D eigenvalue weighted by Crippen LogP contribution is -2.36. The Labute approximate surface area is 203 Å². The van der Waals surface area contributed by atoms with E-state index in [1.165, 1.54) is 35.5 Å². The Balaban J connectivity index is 1.42. The van der Waals surface area contributed by atoms with Gasteiger partial charge in [-0.15, -0.1) is 0 Å². The number of ketones is 1. The van der Waals surface area contributed by atoms with Gasteiger partial charge in [0.05, 0.1) is 16.1 Å². The number of benzene rings is 3. The third kappa shape index (κ3) is 5.47. The Morgan fingerprint density at radius 3 is 2.43 bits per heavy atom. The average molecular weight is 493 g/mol. The number of carbonyl (C=O) groups excluding carboxylic acids is 3. The van der Waals surface area contributed by atoms with E-state index in [1.807, 2.05) is 24.3 Å². The summed E-state index contributed by atoms with van der Waals surface area (Å²) in [5.74, 6) is -1.67. The average Bonchev–Trinajstić information content (AvgIpc) is 2.87. The van der Waals surface area contributed by atoms with Crippen LogP contribution in [0.1, 0.15) is 38.8 Å². The SMILES string of the molecule is CC(=O)c1ccccc1NC(=O)COC(=O)c1cccc(S(=O)(=O)N2CCc3ccccc3C2)c1. The molecule has 180 valence electrons. The molecule has 0 bridgehead atoms. The van der Waals surface area contributed by atoms with Crippen molar-refractivity contribution in [1.29, 1.82) is 0 Å². The highest BCUT2D eigenvalue weighted by Gasteiger charge is 2.29. The minimum atomic E-state index is -3.83. The number of Topliss-reactive ketones (excluding diaryl/α,β-unsaturated/α-hetero) is 1. The largest absolute Gasteiger partial charge is 0.452 e. The monoisotopic (exact) mass is 492 g/mol. The fourth-order valence-corrected chi connectivity index (χ4v) is 5.37. The van der Waals surface area contributed by atoms with E-state index in [0.717, 1.165) is 11.1 Å². The van der Waals surface area contributed by atoms with Gasteiger partial charge in [0, 0.05) is 18.7 Å². The molecule has 0 aliphatic carbocycles. The van der Waals surface area contributed by atoms with E-state index in [1.54, 1.807) is 24.3 Å². The van der Waals surface area contributed by atoms with Gasteiger partial charge in [-0.3, -0.25) is 9.59 Å². The molecule has 1 aliphatic rings. The molecular formula is C26H24N2O6S. The van der Waals surface area contributed by atoms with Crippen molar-refractivity contribution < 1.29 is 27.5 Å². The summed E-state index contributed by atoms with van der Waals surface area (Å²) in [5, 5.41) is 2.55. The Hall–Kier alpha value is -3.82.